The van der Waals surface area contributed by atoms with E-state index in [4.69, 9.17) is 20.4 Å². The fraction of sp³-hybridized carbons (Fsp3) is 0.833. The summed E-state index contributed by atoms with van der Waals surface area (Å²) in [5.41, 5.74) is 0. The molecule has 0 saturated heterocycles. The summed E-state index contributed by atoms with van der Waals surface area (Å²) in [5, 5.41) is 33.5. The third kappa shape index (κ3) is 7.26. The molecule has 0 radical (unpaired) electrons. The Kier molecular flexibility index (Phi) is 5.35. The average molecular weight is 180 g/mol. The van der Waals surface area contributed by atoms with Crippen LogP contribution in [0.25, 0.3) is 0 Å². The summed E-state index contributed by atoms with van der Waals surface area (Å²) in [4.78, 5) is 9.83. The number of rotatable bonds is 5. The zero-order valence-corrected chi connectivity index (χ0v) is 6.38. The Bertz CT molecular complexity index is 134. The molecule has 0 fully saturated rings. The van der Waals surface area contributed by atoms with Gasteiger partial charge < -0.3 is 25.2 Å². The fourth-order valence-electron chi connectivity index (χ4n) is 0.650. The van der Waals surface area contributed by atoms with Gasteiger partial charge in [0.2, 0.25) is 6.29 Å². The predicted molar refractivity (Wildman–Crippen MR) is 37.2 cm³/mol. The number of aliphatic hydroxyl groups is 3. The first-order chi connectivity index (χ1) is 5.52. The molecule has 0 bridgehead atoms. The van der Waals surface area contributed by atoms with Crippen molar-refractivity contribution in [2.24, 2.45) is 0 Å². The van der Waals surface area contributed by atoms with Gasteiger partial charge in [0.1, 0.15) is 0 Å². The number of hydrogen-bond donors (Lipinski definition) is 4. The van der Waals surface area contributed by atoms with Crippen LogP contribution < -0.4 is 0 Å². The highest BCUT2D eigenvalue weighted by atomic mass is 16.7. The van der Waals surface area contributed by atoms with Gasteiger partial charge in [0, 0.05) is 6.42 Å². The number of ether oxygens (including phenoxy) is 1. The van der Waals surface area contributed by atoms with Crippen LogP contribution in [0, 0.1) is 0 Å². The van der Waals surface area contributed by atoms with Crippen molar-refractivity contribution in [3.05, 3.63) is 0 Å². The molecule has 0 saturated carbocycles. The van der Waals surface area contributed by atoms with Crippen molar-refractivity contribution in [1.82, 2.24) is 0 Å². The van der Waals surface area contributed by atoms with Gasteiger partial charge >= 0.3 is 6.16 Å². The number of carbonyl (C=O) groups is 1. The van der Waals surface area contributed by atoms with E-state index in [2.05, 4.69) is 4.74 Å². The van der Waals surface area contributed by atoms with Gasteiger partial charge in [0.05, 0.1) is 0 Å². The molecular weight excluding hydrogens is 168 g/mol. The van der Waals surface area contributed by atoms with Crippen LogP contribution in [0.5, 0.6) is 0 Å². The zero-order valence-electron chi connectivity index (χ0n) is 6.38. The highest BCUT2D eigenvalue weighted by molar-refractivity contribution is 5.56. The summed E-state index contributed by atoms with van der Waals surface area (Å²) in [7, 11) is 0. The summed E-state index contributed by atoms with van der Waals surface area (Å²) in [6.45, 7) is 0. The van der Waals surface area contributed by atoms with E-state index in [-0.39, 0.29) is 19.3 Å². The Morgan fingerprint density at radius 1 is 1.25 bits per heavy atom. The molecule has 0 aliphatic heterocycles. The van der Waals surface area contributed by atoms with Crippen LogP contribution in [0.4, 0.5) is 4.79 Å². The summed E-state index contributed by atoms with van der Waals surface area (Å²) in [5.74, 6) is 0. The molecule has 72 valence electrons. The zero-order chi connectivity index (χ0) is 9.56. The van der Waals surface area contributed by atoms with Crippen molar-refractivity contribution in [3.8, 4) is 0 Å². The van der Waals surface area contributed by atoms with E-state index in [9.17, 15) is 4.79 Å². The molecular formula is C6H12O6. The van der Waals surface area contributed by atoms with Crippen LogP contribution in [-0.2, 0) is 4.74 Å². The van der Waals surface area contributed by atoms with Crippen LogP contribution in [0.1, 0.15) is 19.3 Å². The maximum atomic E-state index is 9.83. The summed E-state index contributed by atoms with van der Waals surface area (Å²) < 4.78 is 3.94. The smallest absolute Gasteiger partial charge is 0.450 e. The van der Waals surface area contributed by atoms with Gasteiger partial charge in [0.25, 0.3) is 0 Å². The molecule has 0 aromatic carbocycles. The molecule has 6 nitrogen and oxygen atoms in total. The van der Waals surface area contributed by atoms with Gasteiger partial charge in [-0.3, -0.25) is 0 Å². The van der Waals surface area contributed by atoms with Crippen molar-refractivity contribution in [3.63, 3.8) is 0 Å². The second-order valence-electron chi connectivity index (χ2n) is 2.25. The molecule has 4 N–H and O–H groups in total. The molecule has 1 atom stereocenters. The molecule has 0 rings (SSSR count). The number of hydrogen-bond acceptors (Lipinski definition) is 5. The van der Waals surface area contributed by atoms with Crippen molar-refractivity contribution in [1.29, 1.82) is 0 Å². The molecule has 0 heterocycles. The molecule has 0 amide bonds. The summed E-state index contributed by atoms with van der Waals surface area (Å²) in [6, 6.07) is 0. The monoisotopic (exact) mass is 180 g/mol. The molecule has 0 aromatic rings. The quantitative estimate of drug-likeness (QED) is 0.335. The van der Waals surface area contributed by atoms with Gasteiger partial charge in [-0.15, -0.1) is 0 Å². The van der Waals surface area contributed by atoms with Gasteiger partial charge in [-0.1, -0.05) is 0 Å². The lowest BCUT2D eigenvalue weighted by molar-refractivity contribution is -0.0835. The van der Waals surface area contributed by atoms with Crippen LogP contribution in [0.3, 0.4) is 0 Å². The molecule has 0 aliphatic carbocycles. The topological polar surface area (TPSA) is 107 Å². The van der Waals surface area contributed by atoms with Crippen molar-refractivity contribution < 1.29 is 30.0 Å². The second kappa shape index (κ2) is 5.76. The fourth-order valence-corrected chi connectivity index (χ4v) is 0.650. The van der Waals surface area contributed by atoms with E-state index < -0.39 is 18.7 Å². The van der Waals surface area contributed by atoms with Crippen LogP contribution in [0.15, 0.2) is 0 Å². The van der Waals surface area contributed by atoms with Crippen molar-refractivity contribution in [2.45, 2.75) is 31.8 Å². The minimum Gasteiger partial charge on any atom is -0.450 e. The SMILES string of the molecule is O=C(O)OC(O)CCCC(O)O. The van der Waals surface area contributed by atoms with E-state index in [1.54, 1.807) is 0 Å². The molecule has 0 aromatic heterocycles. The summed E-state index contributed by atoms with van der Waals surface area (Å²) in [6.07, 6.45) is -3.94. The van der Waals surface area contributed by atoms with Crippen molar-refractivity contribution in [2.75, 3.05) is 0 Å². The third-order valence-electron chi connectivity index (χ3n) is 1.15. The predicted octanol–water partition coefficient (Wildman–Crippen LogP) is -0.520. The van der Waals surface area contributed by atoms with Crippen LogP contribution in [-0.4, -0.2) is 39.2 Å². The molecule has 0 aliphatic rings. The van der Waals surface area contributed by atoms with Crippen molar-refractivity contribution >= 4 is 6.16 Å². The molecule has 1 unspecified atom stereocenters. The molecule has 0 spiro atoms. The first-order valence-corrected chi connectivity index (χ1v) is 3.46. The Hall–Kier alpha value is -0.850. The lowest BCUT2D eigenvalue weighted by Crippen LogP contribution is -2.16. The lowest BCUT2D eigenvalue weighted by Gasteiger charge is -2.09. The van der Waals surface area contributed by atoms with Gasteiger partial charge in [-0.2, -0.15) is 0 Å². The van der Waals surface area contributed by atoms with E-state index in [0.717, 1.165) is 0 Å². The normalized spacial score (nSPS) is 13.0. The number of aliphatic hydroxyl groups excluding tert-OH is 2. The van der Waals surface area contributed by atoms with E-state index in [1.807, 2.05) is 0 Å². The standard InChI is InChI=1S/C6H12O6/c7-4(8)2-1-3-5(9)12-6(10)11/h4-5,7-9H,1-3H2,(H,10,11). The van der Waals surface area contributed by atoms with E-state index in [1.165, 1.54) is 0 Å². The Balaban J connectivity index is 3.31. The summed E-state index contributed by atoms with van der Waals surface area (Å²) >= 11 is 0. The maximum Gasteiger partial charge on any atom is 0.508 e. The maximum absolute atomic E-state index is 9.83. The van der Waals surface area contributed by atoms with Gasteiger partial charge in [-0.25, -0.2) is 4.79 Å². The number of carboxylic acid groups (broad SMARTS) is 1. The Labute approximate surface area is 69.0 Å². The Morgan fingerprint density at radius 2 is 1.83 bits per heavy atom. The first kappa shape index (κ1) is 11.2. The minimum absolute atomic E-state index is 0.0594. The van der Waals surface area contributed by atoms with E-state index in [0.29, 0.717) is 0 Å². The Morgan fingerprint density at radius 3 is 2.25 bits per heavy atom. The second-order valence-corrected chi connectivity index (χ2v) is 2.25. The largest absolute Gasteiger partial charge is 0.508 e. The highest BCUT2D eigenvalue weighted by Gasteiger charge is 2.09. The first-order valence-electron chi connectivity index (χ1n) is 3.46. The average Bonchev–Trinajstić information content (AvgIpc) is 1.84. The highest BCUT2D eigenvalue weighted by Crippen LogP contribution is 2.03. The molecule has 12 heavy (non-hydrogen) atoms. The van der Waals surface area contributed by atoms with E-state index >= 15 is 0 Å². The van der Waals surface area contributed by atoms with Crippen LogP contribution >= 0.6 is 0 Å². The molecule has 6 heteroatoms. The van der Waals surface area contributed by atoms with Gasteiger partial charge in [0.15, 0.2) is 6.29 Å². The van der Waals surface area contributed by atoms with Gasteiger partial charge in [-0.05, 0) is 12.8 Å². The third-order valence-corrected chi connectivity index (χ3v) is 1.15. The van der Waals surface area contributed by atoms with Crippen LogP contribution in [0.2, 0.25) is 0 Å². The lowest BCUT2D eigenvalue weighted by atomic mass is 10.2. The minimum atomic E-state index is -1.55.